The normalized spacial score (nSPS) is 21.6. The van der Waals surface area contributed by atoms with Gasteiger partial charge in [0.05, 0.1) is 16.1 Å². The smallest absolute Gasteiger partial charge is 0.415 e. The number of imide groups is 1. The van der Waals surface area contributed by atoms with E-state index in [9.17, 15) is 14.7 Å². The molecule has 0 aromatic heterocycles. The van der Waals surface area contributed by atoms with Crippen LogP contribution in [-0.2, 0) is 16.9 Å². The molecule has 1 aliphatic heterocycles. The summed E-state index contributed by atoms with van der Waals surface area (Å²) in [6.45, 7) is 7.92. The van der Waals surface area contributed by atoms with Crippen LogP contribution >= 0.6 is 23.2 Å². The van der Waals surface area contributed by atoms with Crippen LogP contribution in [0.4, 0.5) is 4.79 Å². The molecule has 1 heterocycles. The molecule has 1 aliphatic rings. The van der Waals surface area contributed by atoms with E-state index in [0.29, 0.717) is 15.6 Å². The Morgan fingerprint density at radius 1 is 0.972 bits per heavy atom. The van der Waals surface area contributed by atoms with Crippen molar-refractivity contribution in [1.29, 1.82) is 0 Å². The van der Waals surface area contributed by atoms with Gasteiger partial charge in [-0.1, -0.05) is 111 Å². The van der Waals surface area contributed by atoms with Crippen LogP contribution in [0.2, 0.25) is 10.0 Å². The van der Waals surface area contributed by atoms with Gasteiger partial charge in [-0.2, -0.15) is 0 Å². The lowest BCUT2D eigenvalue weighted by molar-refractivity contribution is -0.131. The highest BCUT2D eigenvalue weighted by molar-refractivity contribution is 6.42. The number of carboxylic acid groups (broad SMARTS) is 1. The van der Waals surface area contributed by atoms with E-state index in [2.05, 4.69) is 4.90 Å². The van der Waals surface area contributed by atoms with Gasteiger partial charge >= 0.3 is 6.09 Å². The first-order valence-corrected chi connectivity index (χ1v) is 12.6. The molecule has 0 saturated carbocycles. The van der Waals surface area contributed by atoms with Crippen molar-refractivity contribution < 1.29 is 14.7 Å². The second-order valence-electron chi connectivity index (χ2n) is 10.3. The Bertz CT molecular complexity index is 1260. The minimum Gasteiger partial charge on any atom is -0.465 e. The van der Waals surface area contributed by atoms with Crippen molar-refractivity contribution in [2.24, 2.45) is 5.41 Å². The average molecular weight is 525 g/mol. The number of carbonyl (C=O) groups excluding carboxylic acids is 1. The monoisotopic (exact) mass is 524 g/mol. The number of hydrogen-bond acceptors (Lipinski definition) is 3. The molecule has 1 N–H and O–H groups in total. The van der Waals surface area contributed by atoms with Crippen molar-refractivity contribution in [3.8, 4) is 0 Å². The Morgan fingerprint density at radius 2 is 1.56 bits per heavy atom. The van der Waals surface area contributed by atoms with Crippen LogP contribution in [0.1, 0.15) is 50.4 Å². The summed E-state index contributed by atoms with van der Waals surface area (Å²) < 4.78 is 0. The highest BCUT2D eigenvalue weighted by Crippen LogP contribution is 2.52. The zero-order valence-corrected chi connectivity index (χ0v) is 22.3. The molecular weight excluding hydrogens is 495 g/mol. The Balaban J connectivity index is 2.09. The van der Waals surface area contributed by atoms with Crippen molar-refractivity contribution in [3.05, 3.63) is 106 Å². The molecule has 3 aromatic rings. The van der Waals surface area contributed by atoms with Gasteiger partial charge in [0.1, 0.15) is 5.66 Å². The van der Waals surface area contributed by atoms with Gasteiger partial charge in [0.25, 0.3) is 5.91 Å². The van der Waals surface area contributed by atoms with E-state index < -0.39 is 29.1 Å². The minimum absolute atomic E-state index is 0.244. The van der Waals surface area contributed by atoms with E-state index in [-0.39, 0.29) is 12.5 Å². The van der Waals surface area contributed by atoms with Crippen LogP contribution in [0, 0.1) is 5.41 Å². The number of amides is 2. The molecule has 1 saturated heterocycles. The molecule has 3 atom stereocenters. The molecule has 0 spiro atoms. The highest BCUT2D eigenvalue weighted by atomic mass is 35.5. The van der Waals surface area contributed by atoms with Gasteiger partial charge in [-0.3, -0.25) is 9.69 Å². The van der Waals surface area contributed by atoms with Crippen molar-refractivity contribution >= 4 is 35.2 Å². The van der Waals surface area contributed by atoms with Gasteiger partial charge in [0.15, 0.2) is 0 Å². The molecular formula is C29H30Cl2N2O3. The summed E-state index contributed by atoms with van der Waals surface area (Å²) in [5.74, 6) is -0.459. The quantitative estimate of drug-likeness (QED) is 0.378. The van der Waals surface area contributed by atoms with Gasteiger partial charge in [-0.15, -0.1) is 0 Å². The molecule has 1 fully saturated rings. The maximum Gasteiger partial charge on any atom is 0.415 e. The number of benzene rings is 3. The Morgan fingerprint density at radius 3 is 2.08 bits per heavy atom. The van der Waals surface area contributed by atoms with Gasteiger partial charge < -0.3 is 5.11 Å². The number of halogens is 2. The van der Waals surface area contributed by atoms with E-state index >= 15 is 0 Å². The third-order valence-corrected chi connectivity index (χ3v) is 7.65. The van der Waals surface area contributed by atoms with Gasteiger partial charge in [-0.25, -0.2) is 9.69 Å². The summed E-state index contributed by atoms with van der Waals surface area (Å²) in [7, 11) is 0. The summed E-state index contributed by atoms with van der Waals surface area (Å²) in [5.41, 5.74) is 0.520. The highest BCUT2D eigenvalue weighted by Gasteiger charge is 2.64. The van der Waals surface area contributed by atoms with Gasteiger partial charge in [-0.05, 0) is 41.2 Å². The van der Waals surface area contributed by atoms with Crippen molar-refractivity contribution in [3.63, 3.8) is 0 Å². The van der Waals surface area contributed by atoms with E-state index in [1.54, 1.807) is 18.2 Å². The topological polar surface area (TPSA) is 60.9 Å². The fraction of sp³-hybridized carbons (Fsp3) is 0.310. The fourth-order valence-corrected chi connectivity index (χ4v) is 5.70. The van der Waals surface area contributed by atoms with E-state index in [1.807, 2.05) is 88.4 Å². The lowest BCUT2D eigenvalue weighted by Crippen LogP contribution is -2.56. The Kier molecular flexibility index (Phi) is 7.20. The Hall–Kier alpha value is -2.86. The average Bonchev–Trinajstić information content (AvgIpc) is 3.10. The van der Waals surface area contributed by atoms with Crippen molar-refractivity contribution in [2.45, 2.75) is 51.9 Å². The molecule has 1 unspecified atom stereocenters. The first-order valence-electron chi connectivity index (χ1n) is 11.9. The second-order valence-corrected chi connectivity index (χ2v) is 11.1. The third kappa shape index (κ3) is 4.52. The van der Waals surface area contributed by atoms with E-state index in [0.717, 1.165) is 16.0 Å². The third-order valence-electron chi connectivity index (χ3n) is 6.92. The molecule has 188 valence electrons. The molecule has 4 rings (SSSR count). The van der Waals surface area contributed by atoms with Crippen LogP contribution in [0.3, 0.4) is 0 Å². The van der Waals surface area contributed by atoms with E-state index in [1.165, 1.54) is 0 Å². The predicted molar refractivity (Wildman–Crippen MR) is 143 cm³/mol. The predicted octanol–water partition coefficient (Wildman–Crippen LogP) is 7.39. The Labute approximate surface area is 222 Å². The largest absolute Gasteiger partial charge is 0.465 e. The number of hydrogen-bond donors (Lipinski definition) is 1. The summed E-state index contributed by atoms with van der Waals surface area (Å²) >= 11 is 12.8. The van der Waals surface area contributed by atoms with Crippen LogP contribution in [0.25, 0.3) is 0 Å². The fourth-order valence-electron chi connectivity index (χ4n) is 5.41. The van der Waals surface area contributed by atoms with Gasteiger partial charge in [0.2, 0.25) is 0 Å². The van der Waals surface area contributed by atoms with Crippen molar-refractivity contribution in [2.75, 3.05) is 0 Å². The van der Waals surface area contributed by atoms with E-state index in [4.69, 9.17) is 23.2 Å². The van der Waals surface area contributed by atoms with Gasteiger partial charge in [0, 0.05) is 12.5 Å². The minimum atomic E-state index is -1.37. The first-order chi connectivity index (χ1) is 17.0. The lowest BCUT2D eigenvalue weighted by atomic mass is 9.82. The second kappa shape index (κ2) is 9.89. The van der Waals surface area contributed by atoms with Crippen molar-refractivity contribution in [1.82, 2.24) is 9.80 Å². The number of carbonyl (C=O) groups is 2. The zero-order chi connectivity index (χ0) is 26.3. The lowest BCUT2D eigenvalue weighted by Gasteiger charge is -2.48. The summed E-state index contributed by atoms with van der Waals surface area (Å²) in [4.78, 5) is 30.1. The van der Waals surface area contributed by atoms with Crippen LogP contribution in [-0.4, -0.2) is 32.9 Å². The van der Waals surface area contributed by atoms with Crippen LogP contribution in [0.5, 0.6) is 0 Å². The summed E-state index contributed by atoms with van der Waals surface area (Å²) in [6, 6.07) is 23.5. The maximum absolute atomic E-state index is 14.1. The first kappa shape index (κ1) is 26.2. The number of rotatable bonds is 5. The summed E-state index contributed by atoms with van der Waals surface area (Å²) in [6.07, 6.45) is -1.06. The standard InChI is InChI=1S/C29H30Cl2N2O3/c1-19(21-13-9-6-10-14-21)32-25(28(2,3)4)26(34)33(27(35)36)29(32,18-20-11-7-5-8-12-20)22-15-16-23(30)24(31)17-22/h5-17,19,25H,18H2,1-4H3,(H,35,36)/t19?,25-,29-/m1/s1. The van der Waals surface area contributed by atoms with Crippen LogP contribution in [0.15, 0.2) is 78.9 Å². The maximum atomic E-state index is 14.1. The molecule has 36 heavy (non-hydrogen) atoms. The van der Waals surface area contributed by atoms with Crippen LogP contribution < -0.4 is 0 Å². The molecule has 2 amide bonds. The molecule has 7 heteroatoms. The molecule has 0 aliphatic carbocycles. The SMILES string of the molecule is CC(c1ccccc1)N1[C@@H](C(C)(C)C)C(=O)N(C(=O)O)[C@]1(Cc1ccccc1)c1ccc(Cl)c(Cl)c1. The summed E-state index contributed by atoms with van der Waals surface area (Å²) in [5, 5.41) is 11.2. The molecule has 5 nitrogen and oxygen atoms in total. The molecule has 0 bridgehead atoms. The number of nitrogens with zero attached hydrogens (tertiary/aromatic N) is 2. The molecule has 0 radical (unpaired) electrons. The molecule has 3 aromatic carbocycles. The zero-order valence-electron chi connectivity index (χ0n) is 20.8.